The van der Waals surface area contributed by atoms with Crippen LogP contribution in [0, 0.1) is 0 Å². The van der Waals surface area contributed by atoms with Crippen molar-refractivity contribution in [1.29, 1.82) is 0 Å². The van der Waals surface area contributed by atoms with Gasteiger partial charge in [0.2, 0.25) is 0 Å². The molecule has 0 heterocycles. The second-order valence-electron chi connectivity index (χ2n) is 1.63. The van der Waals surface area contributed by atoms with E-state index < -0.39 is 0 Å². The van der Waals surface area contributed by atoms with E-state index in [9.17, 15) is 0 Å². The van der Waals surface area contributed by atoms with Gasteiger partial charge in [0.15, 0.2) is 0 Å². The van der Waals surface area contributed by atoms with Gasteiger partial charge in [-0.25, -0.2) is 0 Å². The fourth-order valence-electron chi connectivity index (χ4n) is 0.511. The summed E-state index contributed by atoms with van der Waals surface area (Å²) in [5.74, 6) is 0. The average molecular weight is 300 g/mol. The Morgan fingerprint density at radius 3 is 1.44 bits per heavy atom. The molecule has 0 aliphatic heterocycles. The molecule has 0 aliphatic carbocycles. The molecule has 3 heteroatoms. The number of nitrogens with two attached hydrogens (primary N) is 2. The van der Waals surface area contributed by atoms with Crippen LogP contribution in [-0.4, -0.2) is 0 Å². The van der Waals surface area contributed by atoms with Gasteiger partial charge in [-0.15, -0.1) is 0 Å². The number of rotatable bonds is 0. The Morgan fingerprint density at radius 2 is 1.22 bits per heavy atom. The number of para-hydroxylation sites is 2. The van der Waals surface area contributed by atoms with Crippen LogP contribution in [0.1, 0.15) is 0 Å². The van der Waals surface area contributed by atoms with E-state index in [-0.39, 0.29) is 20.1 Å². The number of hydrogen-bond acceptors (Lipinski definition) is 2. The van der Waals surface area contributed by atoms with Crippen LogP contribution >= 0.6 is 0 Å². The molecule has 9 heavy (non-hydrogen) atoms. The van der Waals surface area contributed by atoms with Crippen LogP contribution in [0.5, 0.6) is 0 Å². The summed E-state index contributed by atoms with van der Waals surface area (Å²) < 4.78 is 0. The van der Waals surface area contributed by atoms with Crippen molar-refractivity contribution in [2.75, 3.05) is 11.5 Å². The van der Waals surface area contributed by atoms with Gasteiger partial charge in [0.25, 0.3) is 0 Å². The van der Waals surface area contributed by atoms with E-state index in [0.717, 1.165) is 0 Å². The summed E-state index contributed by atoms with van der Waals surface area (Å²) in [5.41, 5.74) is 12.1. The van der Waals surface area contributed by atoms with E-state index in [1.54, 1.807) is 12.1 Å². The van der Waals surface area contributed by atoms with Gasteiger partial charge < -0.3 is 11.5 Å². The molecule has 0 saturated heterocycles. The minimum atomic E-state index is 0. The molecule has 1 radical (unpaired) electrons. The third kappa shape index (κ3) is 2.04. The summed E-state index contributed by atoms with van der Waals surface area (Å²) in [4.78, 5) is 0. The molecule has 0 saturated carbocycles. The predicted molar refractivity (Wildman–Crippen MR) is 35.3 cm³/mol. The molecule has 0 spiro atoms. The molecule has 0 unspecified atom stereocenters. The fraction of sp³-hybridized carbons (Fsp3) is 0. The number of benzene rings is 1. The molecule has 1 aromatic carbocycles. The van der Waals surface area contributed by atoms with E-state index in [0.29, 0.717) is 11.4 Å². The summed E-state index contributed by atoms with van der Waals surface area (Å²) in [6.07, 6.45) is 0. The zero-order chi connectivity index (χ0) is 5.98. The summed E-state index contributed by atoms with van der Waals surface area (Å²) in [7, 11) is 0. The Hall–Kier alpha value is -0.531. The van der Waals surface area contributed by atoms with Gasteiger partial charge in [-0.1, -0.05) is 12.1 Å². The van der Waals surface area contributed by atoms with Gasteiger partial charge in [0, 0.05) is 20.1 Å². The minimum absolute atomic E-state index is 0. The van der Waals surface area contributed by atoms with E-state index in [2.05, 4.69) is 0 Å². The Morgan fingerprint density at radius 1 is 0.889 bits per heavy atom. The molecule has 4 N–H and O–H groups in total. The first-order valence-corrected chi connectivity index (χ1v) is 2.40. The molecular formula is C6H8IrN2. The summed E-state index contributed by atoms with van der Waals surface area (Å²) in [6, 6.07) is 7.25. The van der Waals surface area contributed by atoms with Crippen molar-refractivity contribution in [3.63, 3.8) is 0 Å². The number of anilines is 2. The van der Waals surface area contributed by atoms with Gasteiger partial charge in [-0.3, -0.25) is 0 Å². The maximum absolute atomic E-state index is 5.39. The first-order chi connectivity index (χ1) is 3.80. The van der Waals surface area contributed by atoms with Crippen LogP contribution < -0.4 is 11.5 Å². The van der Waals surface area contributed by atoms with Crippen molar-refractivity contribution in [1.82, 2.24) is 0 Å². The van der Waals surface area contributed by atoms with Crippen LogP contribution in [-0.2, 0) is 20.1 Å². The average Bonchev–Trinajstić information content (AvgIpc) is 1.77. The number of nitrogen functional groups attached to an aromatic ring is 2. The van der Waals surface area contributed by atoms with Crippen molar-refractivity contribution < 1.29 is 20.1 Å². The van der Waals surface area contributed by atoms with Gasteiger partial charge in [0.1, 0.15) is 0 Å². The van der Waals surface area contributed by atoms with E-state index in [1.807, 2.05) is 12.1 Å². The van der Waals surface area contributed by atoms with Gasteiger partial charge in [-0.2, -0.15) is 0 Å². The molecular weight excluding hydrogens is 292 g/mol. The molecule has 0 atom stereocenters. The normalized spacial score (nSPS) is 8.00. The van der Waals surface area contributed by atoms with Crippen LogP contribution in [0.4, 0.5) is 11.4 Å². The maximum atomic E-state index is 5.39. The topological polar surface area (TPSA) is 52.0 Å². The zero-order valence-electron chi connectivity index (χ0n) is 4.80. The molecule has 0 aliphatic rings. The van der Waals surface area contributed by atoms with E-state index in [1.165, 1.54) is 0 Å². The monoisotopic (exact) mass is 301 g/mol. The summed E-state index contributed by atoms with van der Waals surface area (Å²) in [6.45, 7) is 0. The Labute approximate surface area is 67.6 Å². The fourth-order valence-corrected chi connectivity index (χ4v) is 0.511. The van der Waals surface area contributed by atoms with Crippen molar-refractivity contribution >= 4 is 11.4 Å². The summed E-state index contributed by atoms with van der Waals surface area (Å²) in [5, 5.41) is 0. The third-order valence-corrected chi connectivity index (χ3v) is 0.996. The maximum Gasteiger partial charge on any atom is 0.0547 e. The minimum Gasteiger partial charge on any atom is -0.397 e. The zero-order valence-corrected chi connectivity index (χ0v) is 7.19. The molecule has 0 fully saturated rings. The molecule has 1 rings (SSSR count). The van der Waals surface area contributed by atoms with Crippen LogP contribution in [0.15, 0.2) is 24.3 Å². The van der Waals surface area contributed by atoms with Crippen LogP contribution in [0.2, 0.25) is 0 Å². The SMILES string of the molecule is Nc1ccccc1N.[Ir]. The van der Waals surface area contributed by atoms with Crippen molar-refractivity contribution in [3.8, 4) is 0 Å². The quantitative estimate of drug-likeness (QED) is 0.698. The second kappa shape index (κ2) is 3.49. The Kier molecular flexibility index (Phi) is 3.28. The van der Waals surface area contributed by atoms with E-state index in [4.69, 9.17) is 11.5 Å². The van der Waals surface area contributed by atoms with E-state index >= 15 is 0 Å². The first kappa shape index (κ1) is 8.47. The third-order valence-electron chi connectivity index (χ3n) is 0.996. The first-order valence-electron chi connectivity index (χ1n) is 2.40. The predicted octanol–water partition coefficient (Wildman–Crippen LogP) is 0.849. The van der Waals surface area contributed by atoms with Gasteiger partial charge in [-0.05, 0) is 12.1 Å². The van der Waals surface area contributed by atoms with Crippen molar-refractivity contribution in [2.24, 2.45) is 0 Å². The van der Waals surface area contributed by atoms with Gasteiger partial charge in [0.05, 0.1) is 11.4 Å². The van der Waals surface area contributed by atoms with Gasteiger partial charge >= 0.3 is 0 Å². The molecule has 2 nitrogen and oxygen atoms in total. The van der Waals surface area contributed by atoms with Crippen LogP contribution in [0.25, 0.3) is 0 Å². The standard InChI is InChI=1S/C6H8N2.Ir/c7-5-3-1-2-4-6(5)8;/h1-4H,7-8H2;. The number of hydrogen-bond donors (Lipinski definition) is 2. The van der Waals surface area contributed by atoms with Crippen molar-refractivity contribution in [2.45, 2.75) is 0 Å². The molecule has 0 amide bonds. The molecule has 0 bridgehead atoms. The van der Waals surface area contributed by atoms with Crippen LogP contribution in [0.3, 0.4) is 0 Å². The second-order valence-corrected chi connectivity index (χ2v) is 1.63. The smallest absolute Gasteiger partial charge is 0.0547 e. The summed E-state index contributed by atoms with van der Waals surface area (Å²) >= 11 is 0. The largest absolute Gasteiger partial charge is 0.397 e. The van der Waals surface area contributed by atoms with Crippen molar-refractivity contribution in [3.05, 3.63) is 24.3 Å². The molecule has 1 aromatic rings. The Balaban J connectivity index is 0.000000640. The molecule has 51 valence electrons. The molecule has 0 aromatic heterocycles. The Bertz CT molecular complexity index is 167.